The monoisotopic (exact) mass is 836 g/mol. The van der Waals surface area contributed by atoms with E-state index >= 15 is 0 Å². The van der Waals surface area contributed by atoms with Crippen LogP contribution < -0.4 is 0 Å². The Morgan fingerprint density at radius 1 is 0.212 bits per heavy atom. The fourth-order valence-electron chi connectivity index (χ4n) is 11.2. The summed E-state index contributed by atoms with van der Waals surface area (Å²) in [5.74, 6) is 0. The topological polar surface area (TPSA) is 9.86 Å². The van der Waals surface area contributed by atoms with Crippen molar-refractivity contribution in [1.82, 2.24) is 9.13 Å². The first kappa shape index (κ1) is 36.7. The molecule has 2 heterocycles. The minimum atomic E-state index is 1.16. The van der Waals surface area contributed by atoms with Crippen molar-refractivity contribution in [3.05, 3.63) is 243 Å². The molecular formula is C64H40N2. The van der Waals surface area contributed by atoms with Crippen molar-refractivity contribution in [1.29, 1.82) is 0 Å². The van der Waals surface area contributed by atoms with E-state index in [2.05, 4.69) is 252 Å². The second-order valence-corrected chi connectivity index (χ2v) is 17.6. The maximum Gasteiger partial charge on any atom is 0.0547 e. The van der Waals surface area contributed by atoms with E-state index in [-0.39, 0.29) is 0 Å². The van der Waals surface area contributed by atoms with E-state index in [1.807, 2.05) is 0 Å². The Hall–Kier alpha value is -8.72. The van der Waals surface area contributed by atoms with Gasteiger partial charge in [-0.2, -0.15) is 0 Å². The second kappa shape index (κ2) is 14.4. The number of rotatable bonds is 5. The van der Waals surface area contributed by atoms with Crippen molar-refractivity contribution in [3.8, 4) is 44.8 Å². The first-order chi connectivity index (χ1) is 32.8. The van der Waals surface area contributed by atoms with Crippen LogP contribution in [0.1, 0.15) is 0 Å². The van der Waals surface area contributed by atoms with E-state index in [0.717, 1.165) is 11.4 Å². The van der Waals surface area contributed by atoms with Gasteiger partial charge < -0.3 is 9.13 Å². The Labute approximate surface area is 381 Å². The highest BCUT2D eigenvalue weighted by molar-refractivity contribution is 6.25. The average Bonchev–Trinajstić information content (AvgIpc) is 3.90. The number of nitrogens with zero attached hydrogens (tertiary/aromatic N) is 2. The molecule has 306 valence electrons. The maximum absolute atomic E-state index is 2.48. The van der Waals surface area contributed by atoms with Crippen molar-refractivity contribution in [2.75, 3.05) is 0 Å². The maximum atomic E-state index is 2.48. The summed E-state index contributed by atoms with van der Waals surface area (Å²) in [5.41, 5.74) is 14.4. The molecule has 0 fully saturated rings. The van der Waals surface area contributed by atoms with E-state index in [0.29, 0.717) is 0 Å². The van der Waals surface area contributed by atoms with Crippen LogP contribution in [0, 0.1) is 0 Å². The van der Waals surface area contributed by atoms with E-state index in [9.17, 15) is 0 Å². The van der Waals surface area contributed by atoms with E-state index in [1.165, 1.54) is 120 Å². The first-order valence-electron chi connectivity index (χ1n) is 22.8. The molecule has 2 nitrogen and oxygen atoms in total. The number of benzene rings is 12. The molecular weight excluding hydrogens is 797 g/mol. The molecule has 0 saturated carbocycles. The molecule has 0 amide bonds. The number of hydrogen-bond acceptors (Lipinski definition) is 0. The molecule has 0 unspecified atom stereocenters. The van der Waals surface area contributed by atoms with E-state index in [4.69, 9.17) is 0 Å². The Morgan fingerprint density at radius 2 is 0.636 bits per heavy atom. The Kier molecular flexibility index (Phi) is 8.02. The van der Waals surface area contributed by atoms with Gasteiger partial charge in [0.15, 0.2) is 0 Å². The summed E-state index contributed by atoms with van der Waals surface area (Å²) in [6.07, 6.45) is 0. The highest BCUT2D eigenvalue weighted by atomic mass is 15.0. The molecule has 0 atom stereocenters. The molecule has 2 heteroatoms. The summed E-state index contributed by atoms with van der Waals surface area (Å²) in [4.78, 5) is 0. The molecule has 0 aliphatic rings. The molecule has 66 heavy (non-hydrogen) atoms. The Bertz CT molecular complexity index is 4050. The normalized spacial score (nSPS) is 11.9. The van der Waals surface area contributed by atoms with Crippen LogP contribution in [0.15, 0.2) is 243 Å². The van der Waals surface area contributed by atoms with Gasteiger partial charge in [0.25, 0.3) is 0 Å². The zero-order valence-electron chi connectivity index (χ0n) is 36.0. The van der Waals surface area contributed by atoms with Crippen LogP contribution in [0.5, 0.6) is 0 Å². The lowest BCUT2D eigenvalue weighted by molar-refractivity contribution is 1.18. The second-order valence-electron chi connectivity index (χ2n) is 17.6. The van der Waals surface area contributed by atoms with E-state index in [1.54, 1.807) is 0 Å². The van der Waals surface area contributed by atoms with Crippen LogP contribution in [-0.2, 0) is 0 Å². The molecule has 14 rings (SSSR count). The lowest BCUT2D eigenvalue weighted by atomic mass is 9.84. The minimum absolute atomic E-state index is 1.16. The lowest BCUT2D eigenvalue weighted by Gasteiger charge is -2.19. The largest absolute Gasteiger partial charge is 0.309 e. The fraction of sp³-hybridized carbons (Fsp3) is 0. The van der Waals surface area contributed by atoms with Gasteiger partial charge in [-0.3, -0.25) is 0 Å². The van der Waals surface area contributed by atoms with Gasteiger partial charge in [0.2, 0.25) is 0 Å². The Morgan fingerprint density at radius 3 is 1.18 bits per heavy atom. The summed E-state index contributed by atoms with van der Waals surface area (Å²) in [7, 11) is 0. The number of hydrogen-bond donors (Lipinski definition) is 0. The molecule has 0 spiro atoms. The van der Waals surface area contributed by atoms with Crippen LogP contribution >= 0.6 is 0 Å². The zero-order valence-corrected chi connectivity index (χ0v) is 36.0. The predicted octanol–water partition coefficient (Wildman–Crippen LogP) is 17.5. The minimum Gasteiger partial charge on any atom is -0.309 e. The van der Waals surface area contributed by atoms with Crippen molar-refractivity contribution in [2.24, 2.45) is 0 Å². The summed E-state index contributed by atoms with van der Waals surface area (Å²) in [6.45, 7) is 0. The summed E-state index contributed by atoms with van der Waals surface area (Å²) in [6, 6.07) is 89.8. The van der Waals surface area contributed by atoms with Crippen LogP contribution in [0.3, 0.4) is 0 Å². The molecule has 0 aliphatic carbocycles. The number of aromatic nitrogens is 2. The standard InChI is InChI=1S/C64H40N2/c1-3-18-44(19-4-1)65-60-31-13-11-25-51(60)53-35-33-42(38-62(53)65)47-27-15-29-55-57(47)40-58-48(43-34-36-54-52-26-12-14-32-61(52)66(63(54)39-43)45-20-5-2-6-21-45)28-16-30-56(58)64(55)59-37-41-17-7-8-22-46(41)49-23-9-10-24-50(49)59/h1-40H. The van der Waals surface area contributed by atoms with Crippen molar-refractivity contribution in [2.45, 2.75) is 0 Å². The van der Waals surface area contributed by atoms with Crippen molar-refractivity contribution >= 4 is 86.7 Å². The van der Waals surface area contributed by atoms with Crippen molar-refractivity contribution < 1.29 is 0 Å². The highest BCUT2D eigenvalue weighted by Gasteiger charge is 2.21. The SMILES string of the molecule is c1ccc(-n2c3ccccc3c3ccc(-c4cccc5c(-c6cc7ccccc7c7ccccc67)c6cccc(-c7ccc8c9ccccc9n(-c9ccccc9)c8c7)c6cc45)cc32)cc1. The fourth-order valence-corrected chi connectivity index (χ4v) is 11.2. The van der Waals surface area contributed by atoms with Gasteiger partial charge in [0.1, 0.15) is 0 Å². The van der Waals surface area contributed by atoms with Crippen molar-refractivity contribution in [3.63, 3.8) is 0 Å². The first-order valence-corrected chi connectivity index (χ1v) is 22.8. The quantitative estimate of drug-likeness (QED) is 0.121. The third-order valence-electron chi connectivity index (χ3n) is 14.1. The zero-order chi connectivity index (χ0) is 43.3. The van der Waals surface area contributed by atoms with Gasteiger partial charge in [-0.25, -0.2) is 0 Å². The molecule has 2 aromatic heterocycles. The molecule has 0 bridgehead atoms. The summed E-state index contributed by atoms with van der Waals surface area (Å²) >= 11 is 0. The lowest BCUT2D eigenvalue weighted by Crippen LogP contribution is -1.94. The molecule has 0 N–H and O–H groups in total. The molecule has 0 radical (unpaired) electrons. The number of fused-ring (bicyclic) bond motifs is 11. The summed E-state index contributed by atoms with van der Waals surface area (Å²) in [5, 5.41) is 15.0. The molecule has 12 aromatic carbocycles. The average molecular weight is 837 g/mol. The van der Waals surface area contributed by atoms with Gasteiger partial charge in [-0.1, -0.05) is 182 Å². The van der Waals surface area contributed by atoms with Gasteiger partial charge >= 0.3 is 0 Å². The van der Waals surface area contributed by atoms with Gasteiger partial charge in [-0.15, -0.1) is 0 Å². The van der Waals surface area contributed by atoms with Crippen LogP contribution in [0.2, 0.25) is 0 Å². The smallest absolute Gasteiger partial charge is 0.0547 e. The molecule has 14 aromatic rings. The van der Waals surface area contributed by atoms with Gasteiger partial charge in [0.05, 0.1) is 22.1 Å². The third-order valence-corrected chi connectivity index (χ3v) is 14.1. The van der Waals surface area contributed by atoms with Crippen LogP contribution in [-0.4, -0.2) is 9.13 Å². The van der Waals surface area contributed by atoms with Crippen LogP contribution in [0.4, 0.5) is 0 Å². The highest BCUT2D eigenvalue weighted by Crippen LogP contribution is 2.47. The summed E-state index contributed by atoms with van der Waals surface area (Å²) < 4.78 is 4.84. The predicted molar refractivity (Wildman–Crippen MR) is 281 cm³/mol. The molecule has 0 aliphatic heterocycles. The number of para-hydroxylation sites is 4. The Balaban J connectivity index is 1.09. The van der Waals surface area contributed by atoms with Crippen LogP contribution in [0.25, 0.3) is 131 Å². The van der Waals surface area contributed by atoms with E-state index < -0.39 is 0 Å². The van der Waals surface area contributed by atoms with Gasteiger partial charge in [0, 0.05) is 32.9 Å². The third kappa shape index (κ3) is 5.42. The molecule has 0 saturated heterocycles. The van der Waals surface area contributed by atoms with Gasteiger partial charge in [-0.05, 0) is 137 Å².